The van der Waals surface area contributed by atoms with Crippen LogP contribution in [0.1, 0.15) is 55.6 Å². The normalized spacial score (nSPS) is 13.3. The van der Waals surface area contributed by atoms with Gasteiger partial charge < -0.3 is 5.11 Å². The van der Waals surface area contributed by atoms with Crippen molar-refractivity contribution in [1.82, 2.24) is 34.1 Å². The number of carbonyl (C=O) groups excluding carboxylic acids is 1. The number of pyridine rings is 1. The predicted molar refractivity (Wildman–Crippen MR) is 145 cm³/mol. The zero-order valence-corrected chi connectivity index (χ0v) is 24.2. The Balaban J connectivity index is 1.82. The highest BCUT2D eigenvalue weighted by molar-refractivity contribution is 6.30. The van der Waals surface area contributed by atoms with Crippen molar-refractivity contribution in [2.45, 2.75) is 65.2 Å². The van der Waals surface area contributed by atoms with Crippen LogP contribution in [0.3, 0.4) is 0 Å². The molecule has 0 radical (unpaired) electrons. The number of nitrogens with zero attached hydrogens (tertiary/aromatic N) is 7. The summed E-state index contributed by atoms with van der Waals surface area (Å²) in [5, 5.41) is 18.1. The second-order valence-electron chi connectivity index (χ2n) is 11.1. The van der Waals surface area contributed by atoms with Crippen LogP contribution in [0.5, 0.6) is 0 Å². The summed E-state index contributed by atoms with van der Waals surface area (Å²) in [6, 6.07) is 7.42. The van der Waals surface area contributed by atoms with E-state index in [1.165, 1.54) is 24.3 Å². The molecule has 0 aliphatic heterocycles. The fourth-order valence-corrected chi connectivity index (χ4v) is 4.19. The third kappa shape index (κ3) is 7.53. The lowest BCUT2D eigenvalue weighted by atomic mass is 9.89. The maximum absolute atomic E-state index is 13.8. The van der Waals surface area contributed by atoms with Crippen molar-refractivity contribution < 1.29 is 36.2 Å². The molecule has 10 nitrogen and oxygen atoms in total. The van der Waals surface area contributed by atoms with Crippen LogP contribution in [-0.4, -0.2) is 57.3 Å². The van der Waals surface area contributed by atoms with Crippen molar-refractivity contribution in [2.75, 3.05) is 0 Å². The van der Waals surface area contributed by atoms with Crippen LogP contribution >= 0.6 is 11.6 Å². The molecule has 1 N–H and O–H groups in total. The highest BCUT2D eigenvalue weighted by atomic mass is 35.5. The molecule has 1 aromatic carbocycles. The van der Waals surface area contributed by atoms with E-state index in [9.17, 15) is 41.0 Å². The maximum atomic E-state index is 13.8. The highest BCUT2D eigenvalue weighted by Crippen LogP contribution is 2.33. The van der Waals surface area contributed by atoms with Gasteiger partial charge in [-0.15, -0.1) is 10.2 Å². The Morgan fingerprint density at radius 3 is 2.27 bits per heavy atom. The minimum Gasteiger partial charge on any atom is -0.382 e. The largest absolute Gasteiger partial charge is 0.420 e. The van der Waals surface area contributed by atoms with Crippen LogP contribution in [0.2, 0.25) is 5.02 Å². The fourth-order valence-electron chi connectivity index (χ4n) is 4.07. The molecule has 0 saturated heterocycles. The van der Waals surface area contributed by atoms with Crippen LogP contribution < -0.4 is 5.69 Å². The van der Waals surface area contributed by atoms with Crippen molar-refractivity contribution >= 4 is 17.4 Å². The lowest BCUT2D eigenvalue weighted by Gasteiger charge is -2.17. The van der Waals surface area contributed by atoms with Crippen molar-refractivity contribution in [3.8, 4) is 17.2 Å². The van der Waals surface area contributed by atoms with Gasteiger partial charge in [0.1, 0.15) is 12.1 Å². The first-order chi connectivity index (χ1) is 20.3. The van der Waals surface area contributed by atoms with Crippen molar-refractivity contribution in [1.29, 1.82) is 0 Å². The minimum atomic E-state index is -5.06. The van der Waals surface area contributed by atoms with E-state index in [4.69, 9.17) is 11.6 Å². The molecule has 3 aromatic heterocycles. The van der Waals surface area contributed by atoms with E-state index < -0.39 is 60.2 Å². The van der Waals surface area contributed by atoms with Gasteiger partial charge in [0, 0.05) is 23.2 Å². The molecule has 1 atom stereocenters. The Bertz CT molecular complexity index is 1700. The monoisotopic (exact) mass is 645 g/mol. The Morgan fingerprint density at radius 2 is 1.68 bits per heavy atom. The summed E-state index contributed by atoms with van der Waals surface area (Å²) >= 11 is 5.90. The Labute approximate surface area is 250 Å². The van der Waals surface area contributed by atoms with Crippen LogP contribution in [0.4, 0.5) is 26.3 Å². The number of ketones is 1. The van der Waals surface area contributed by atoms with E-state index in [-0.39, 0.29) is 29.0 Å². The van der Waals surface area contributed by atoms with Gasteiger partial charge in [-0.05, 0) is 48.2 Å². The zero-order chi connectivity index (χ0) is 32.6. The minimum absolute atomic E-state index is 0.0968. The molecule has 0 bridgehead atoms. The first-order valence-corrected chi connectivity index (χ1v) is 13.4. The van der Waals surface area contributed by atoms with E-state index in [1.54, 1.807) is 0 Å². The van der Waals surface area contributed by atoms with Gasteiger partial charge >= 0.3 is 18.0 Å². The number of Topliss-reactive ketones (excluding diaryl/α,β-unsaturated/α-hetero) is 1. The Kier molecular flexibility index (Phi) is 9.07. The van der Waals surface area contributed by atoms with E-state index in [0.717, 1.165) is 18.3 Å². The number of aromatic nitrogens is 7. The van der Waals surface area contributed by atoms with Crippen LogP contribution in [0, 0.1) is 5.41 Å². The molecule has 44 heavy (non-hydrogen) atoms. The lowest BCUT2D eigenvalue weighted by molar-refractivity contribution is -0.207. The summed E-state index contributed by atoms with van der Waals surface area (Å²) < 4.78 is 83.0. The molecule has 4 aromatic rings. The number of hydrogen-bond acceptors (Lipinski definition) is 7. The Morgan fingerprint density at radius 1 is 1.02 bits per heavy atom. The summed E-state index contributed by atoms with van der Waals surface area (Å²) in [5.74, 6) is -2.46. The molecule has 0 fully saturated rings. The standard InChI is InChI=1S/C27H26ClF6N7O3/c1-25(2,3)11-10-18(42)23-36-20(37-41(23)22-17(26(29,30)31)5-4-12-35-22)14-40-24(44)39(13-19(43)27(32,33)34)21(38-40)15-6-8-16(28)9-7-15/h4-9,12,19,43H,10-11,13-14H2,1-3H3/t19-/m0/s1. The predicted octanol–water partition coefficient (Wildman–Crippen LogP) is 5.34. The van der Waals surface area contributed by atoms with E-state index in [2.05, 4.69) is 20.2 Å². The lowest BCUT2D eigenvalue weighted by Crippen LogP contribution is -2.37. The first kappa shape index (κ1) is 32.9. The van der Waals surface area contributed by atoms with Crippen LogP contribution in [0.15, 0.2) is 47.4 Å². The average Bonchev–Trinajstić information content (AvgIpc) is 3.48. The summed E-state index contributed by atoms with van der Waals surface area (Å²) in [6.45, 7) is 3.76. The number of rotatable bonds is 9. The molecule has 0 amide bonds. The smallest absolute Gasteiger partial charge is 0.382 e. The quantitative estimate of drug-likeness (QED) is 0.193. The first-order valence-electron chi connectivity index (χ1n) is 13.1. The molecule has 0 unspecified atom stereocenters. The summed E-state index contributed by atoms with van der Waals surface area (Å²) in [4.78, 5) is 34.3. The van der Waals surface area contributed by atoms with Gasteiger partial charge in [0.05, 0.1) is 6.54 Å². The fraction of sp³-hybridized carbons (Fsp3) is 0.407. The average molecular weight is 646 g/mol. The number of aliphatic hydroxyl groups is 1. The summed E-state index contributed by atoms with van der Waals surface area (Å²) in [5.41, 5.74) is -2.43. The number of benzene rings is 1. The third-order valence-electron chi connectivity index (χ3n) is 6.34. The molecule has 4 rings (SSSR count). The number of halogens is 7. The highest BCUT2D eigenvalue weighted by Gasteiger charge is 2.40. The van der Waals surface area contributed by atoms with Crippen molar-refractivity contribution in [3.63, 3.8) is 0 Å². The molecule has 17 heteroatoms. The van der Waals surface area contributed by atoms with E-state index in [0.29, 0.717) is 25.4 Å². The molecule has 0 spiro atoms. The number of carbonyl (C=O) groups is 1. The molecule has 0 aliphatic rings. The number of hydrogen-bond donors (Lipinski definition) is 1. The summed E-state index contributed by atoms with van der Waals surface area (Å²) in [6.07, 6.45) is -11.5. The van der Waals surface area contributed by atoms with Gasteiger partial charge in [0.2, 0.25) is 5.82 Å². The Hall–Kier alpha value is -4.05. The SMILES string of the molecule is CC(C)(C)CCC(=O)c1nc(Cn2nc(-c3ccc(Cl)cc3)n(C[C@H](O)C(F)(F)F)c2=O)nn1-c1ncccc1C(F)(F)F. The molecular formula is C27H26ClF6N7O3. The maximum Gasteiger partial charge on any atom is 0.420 e. The van der Waals surface area contributed by atoms with E-state index >= 15 is 0 Å². The van der Waals surface area contributed by atoms with E-state index in [1.807, 2.05) is 20.8 Å². The van der Waals surface area contributed by atoms with Gasteiger partial charge in [0.25, 0.3) is 0 Å². The van der Waals surface area contributed by atoms with Gasteiger partial charge in [-0.2, -0.15) is 31.0 Å². The van der Waals surface area contributed by atoms with Gasteiger partial charge in [0.15, 0.2) is 29.4 Å². The molecule has 3 heterocycles. The topological polar surface area (TPSA) is 121 Å². The van der Waals surface area contributed by atoms with Crippen molar-refractivity contribution in [2.24, 2.45) is 5.41 Å². The summed E-state index contributed by atoms with van der Waals surface area (Å²) in [7, 11) is 0. The van der Waals surface area contributed by atoms with Crippen LogP contribution in [-0.2, 0) is 19.3 Å². The molecular weight excluding hydrogens is 620 g/mol. The molecule has 0 aliphatic carbocycles. The number of alkyl halides is 6. The number of aliphatic hydroxyl groups excluding tert-OH is 1. The van der Waals surface area contributed by atoms with Crippen molar-refractivity contribution in [3.05, 3.63) is 75.3 Å². The van der Waals surface area contributed by atoms with Gasteiger partial charge in [-0.3, -0.25) is 9.36 Å². The molecule has 236 valence electrons. The van der Waals surface area contributed by atoms with Crippen LogP contribution in [0.25, 0.3) is 17.2 Å². The third-order valence-corrected chi connectivity index (χ3v) is 6.60. The molecule has 0 saturated carbocycles. The van der Waals surface area contributed by atoms with Gasteiger partial charge in [-0.1, -0.05) is 32.4 Å². The second-order valence-corrected chi connectivity index (χ2v) is 11.5. The second kappa shape index (κ2) is 12.1. The zero-order valence-electron chi connectivity index (χ0n) is 23.5. The van der Waals surface area contributed by atoms with Gasteiger partial charge in [-0.25, -0.2) is 19.4 Å².